The first kappa shape index (κ1) is 88.5. The highest BCUT2D eigenvalue weighted by atomic mass is 35.5. The zero-order valence-electron chi connectivity index (χ0n) is 65.0. The molecule has 0 saturated heterocycles. The fourth-order valence-corrected chi connectivity index (χ4v) is 15.3. The average molecular weight is 1830 g/mol. The molecule has 0 bridgehead atoms. The summed E-state index contributed by atoms with van der Waals surface area (Å²) in [6, 6.07) is 59.4. The second-order valence-corrected chi connectivity index (χ2v) is 30.5. The van der Waals surface area contributed by atoms with Gasteiger partial charge in [-0.25, -0.2) is 4.39 Å². The largest absolute Gasteiger partial charge is 0.496 e. The predicted molar refractivity (Wildman–Crippen MR) is 472 cm³/mol. The highest BCUT2D eigenvalue weighted by Crippen LogP contribution is 2.54. The second kappa shape index (κ2) is 40.2. The molecule has 0 fully saturated rings. The molecule has 630 valence electrons. The van der Waals surface area contributed by atoms with Crippen molar-refractivity contribution in [2.75, 3.05) is 67.7 Å². The van der Waals surface area contributed by atoms with Gasteiger partial charge in [-0.15, -0.1) is 0 Å². The molecule has 0 saturated carbocycles. The van der Waals surface area contributed by atoms with E-state index in [-0.39, 0.29) is 38.5 Å². The lowest BCUT2D eigenvalue weighted by atomic mass is 9.99. The molecular formula is C89H78Cl9FN6O16. The van der Waals surface area contributed by atoms with Crippen molar-refractivity contribution < 1.29 is 80.2 Å². The van der Waals surface area contributed by atoms with E-state index in [0.717, 1.165) is 66.9 Å². The lowest BCUT2D eigenvalue weighted by Gasteiger charge is -2.14. The summed E-state index contributed by atoms with van der Waals surface area (Å²) >= 11 is 55.1. The topological polar surface area (TPSA) is 304 Å². The van der Waals surface area contributed by atoms with E-state index in [1.165, 1.54) is 6.07 Å². The summed E-state index contributed by atoms with van der Waals surface area (Å²) in [6.07, 6.45) is -2.99. The zero-order chi connectivity index (χ0) is 85.9. The number of aryl methyl sites for hydroxylation is 1. The van der Waals surface area contributed by atoms with Gasteiger partial charge in [0.2, 0.25) is 0 Å². The fraction of sp³-hybridized carbons (Fsp3) is 0.191. The van der Waals surface area contributed by atoms with Crippen LogP contribution < -0.4 is 110 Å². The third-order valence-corrected chi connectivity index (χ3v) is 20.8. The molecule has 0 aromatic heterocycles. The lowest BCUT2D eigenvalue weighted by Crippen LogP contribution is -2.28. The Morgan fingerprint density at radius 1 is 0.256 bits per heavy atom. The Morgan fingerprint density at radius 2 is 0.545 bits per heavy atom. The van der Waals surface area contributed by atoms with Crippen molar-refractivity contribution in [2.45, 2.75) is 44.7 Å². The van der Waals surface area contributed by atoms with Crippen LogP contribution in [0.2, 0.25) is 45.2 Å². The molecule has 0 amide bonds. The van der Waals surface area contributed by atoms with Crippen molar-refractivity contribution in [3.8, 4) is 159 Å². The standard InChI is InChI=1S/C16H16ClNO4.C15H13Cl2NO3.C15H14ClNO3.C15H14ClNO2.C14H10Cl3NO2.C14H11ClFNO2/c1-19-12-5-3-4-10(15(12)20-2)11-6-9(17)7-13-16(11)22-14(8-18)21-13;1-19-12-3-2-8(16)4-10(12)11-5-9(17)6-13-15(11)21-14(7-18)20-13;1-18-12-5-3-2-4-10(12)11-6-9(16)7-13-15(11)20-14(8-17)19-13;1-9-4-2-3-5-11(9)12-6-10(16)7-13-15(12)19-14(8-17)18-13;15-7-1-2-9(11(17)4-7)10-3-8(16)5-12-14(10)20-13(6-18)19-12;15-8-5-10(9-3-1-2-4-11(9)16)14-12(6-8)18-13(7-17)19-14/h3-7,14H,8,18H2,1-2H3;2-6,14H,7,18H2,1H3;2-7,14H,8,17H2,1H3;2-7,14H,8,17H2,1H3;1-5,13H,6,18H2;1-6,13H,7,17H2. The van der Waals surface area contributed by atoms with Crippen LogP contribution in [-0.2, 0) is 0 Å². The quantitative estimate of drug-likeness (QED) is 0.0524. The number of para-hydroxylation sites is 2. The molecule has 0 aliphatic carbocycles. The Bertz CT molecular complexity index is 5660. The Kier molecular flexibility index (Phi) is 29.4. The SMILES string of the molecule is COc1ccc(Cl)cc1-c1cc(Cl)cc2c1OC(CN)O2.COc1cccc(-c2cc(Cl)cc3c2OC(CN)O3)c1OC.COc1ccccc1-c1cc(Cl)cc2c1OC(CN)O2.Cc1ccccc1-c1cc(Cl)cc2c1OC(CN)O2.NCC1Oc2cc(Cl)cc(-c3ccc(Cl)cc3Cl)c2O1.NCC1Oc2cc(Cl)cc(-c3ccccc3F)c2O1. The summed E-state index contributed by atoms with van der Waals surface area (Å²) in [4.78, 5) is 0. The van der Waals surface area contributed by atoms with E-state index in [4.69, 9.17) is 215 Å². The highest BCUT2D eigenvalue weighted by Gasteiger charge is 2.35. The van der Waals surface area contributed by atoms with E-state index < -0.39 is 37.7 Å². The summed E-state index contributed by atoms with van der Waals surface area (Å²) in [5, 5.41) is 4.94. The molecule has 12 aromatic carbocycles. The van der Waals surface area contributed by atoms with Gasteiger partial charge in [0.25, 0.3) is 37.7 Å². The minimum absolute atomic E-state index is 0.211. The number of hydrogen-bond acceptors (Lipinski definition) is 22. The van der Waals surface area contributed by atoms with Crippen LogP contribution in [0.5, 0.6) is 92.0 Å². The van der Waals surface area contributed by atoms with Gasteiger partial charge in [-0.05, 0) is 103 Å². The lowest BCUT2D eigenvalue weighted by molar-refractivity contribution is 0.0580. The van der Waals surface area contributed by atoms with Gasteiger partial charge < -0.3 is 110 Å². The van der Waals surface area contributed by atoms with Crippen LogP contribution in [0, 0.1) is 12.7 Å². The smallest absolute Gasteiger partial charge is 0.253 e. The van der Waals surface area contributed by atoms with Gasteiger partial charge in [0.1, 0.15) is 17.3 Å². The minimum atomic E-state index is -0.556. The molecule has 12 aromatic rings. The van der Waals surface area contributed by atoms with Crippen LogP contribution in [0.1, 0.15) is 5.56 Å². The van der Waals surface area contributed by atoms with E-state index in [0.29, 0.717) is 149 Å². The predicted octanol–water partition coefficient (Wildman–Crippen LogP) is 20.8. The third-order valence-electron chi connectivity index (χ3n) is 18.7. The van der Waals surface area contributed by atoms with Gasteiger partial charge in [0.05, 0.1) is 72.7 Å². The van der Waals surface area contributed by atoms with E-state index in [9.17, 15) is 4.39 Å². The number of methoxy groups -OCH3 is 4. The van der Waals surface area contributed by atoms with Crippen molar-refractivity contribution in [2.24, 2.45) is 34.4 Å². The minimum Gasteiger partial charge on any atom is -0.496 e. The Balaban J connectivity index is 0.000000125. The van der Waals surface area contributed by atoms with Crippen molar-refractivity contribution in [3.63, 3.8) is 0 Å². The molecule has 6 aliphatic heterocycles. The number of benzene rings is 12. The molecular weight excluding hydrogens is 1750 g/mol. The summed E-state index contributed by atoms with van der Waals surface area (Å²) in [5.74, 6) is 9.39. The zero-order valence-corrected chi connectivity index (χ0v) is 71.8. The maximum absolute atomic E-state index is 13.9. The first-order valence-electron chi connectivity index (χ1n) is 37.1. The maximum Gasteiger partial charge on any atom is 0.253 e. The number of halogens is 10. The van der Waals surface area contributed by atoms with Crippen molar-refractivity contribution in [1.82, 2.24) is 0 Å². The number of nitrogens with two attached hydrogens (primary N) is 6. The number of rotatable bonds is 16. The van der Waals surface area contributed by atoms with E-state index >= 15 is 0 Å². The molecule has 32 heteroatoms. The second-order valence-electron chi connectivity index (χ2n) is 26.6. The molecule has 6 aliphatic rings. The van der Waals surface area contributed by atoms with Gasteiger partial charge in [-0.3, -0.25) is 0 Å². The first-order valence-corrected chi connectivity index (χ1v) is 40.5. The third kappa shape index (κ3) is 20.3. The fourth-order valence-electron chi connectivity index (χ4n) is 13.3. The summed E-state index contributed by atoms with van der Waals surface area (Å²) in [7, 11) is 6.40. The van der Waals surface area contributed by atoms with Crippen molar-refractivity contribution >= 4 is 104 Å². The van der Waals surface area contributed by atoms with Gasteiger partial charge in [0.15, 0.2) is 80.5 Å². The number of fused-ring (bicyclic) bond motifs is 6. The van der Waals surface area contributed by atoms with Gasteiger partial charge in [-0.1, -0.05) is 183 Å². The molecule has 18 rings (SSSR count). The molecule has 6 atom stereocenters. The van der Waals surface area contributed by atoms with Crippen LogP contribution in [-0.4, -0.2) is 105 Å². The Hall–Kier alpha value is -10.3. The van der Waals surface area contributed by atoms with Gasteiger partial charge in [-0.2, -0.15) is 0 Å². The van der Waals surface area contributed by atoms with Crippen molar-refractivity contribution in [1.29, 1.82) is 0 Å². The average Bonchev–Trinajstić information content (AvgIpc) is 1.70. The van der Waals surface area contributed by atoms with Crippen LogP contribution in [0.15, 0.2) is 200 Å². The molecule has 121 heavy (non-hydrogen) atoms. The highest BCUT2D eigenvalue weighted by molar-refractivity contribution is 6.37. The molecule has 12 N–H and O–H groups in total. The Morgan fingerprint density at radius 3 is 0.917 bits per heavy atom. The normalized spacial score (nSPS) is 16.3. The monoisotopic (exact) mass is 1820 g/mol. The van der Waals surface area contributed by atoms with Crippen LogP contribution in [0.4, 0.5) is 4.39 Å². The van der Waals surface area contributed by atoms with Crippen LogP contribution >= 0.6 is 104 Å². The molecule has 6 unspecified atom stereocenters. The van der Waals surface area contributed by atoms with E-state index in [1.54, 1.807) is 138 Å². The van der Waals surface area contributed by atoms with Crippen molar-refractivity contribution in [3.05, 3.63) is 257 Å². The first-order chi connectivity index (χ1) is 58.5. The van der Waals surface area contributed by atoms with E-state index in [2.05, 4.69) is 13.0 Å². The van der Waals surface area contributed by atoms with E-state index in [1.807, 2.05) is 78.9 Å². The summed E-state index contributed by atoms with van der Waals surface area (Å²) in [6.45, 7) is 3.60. The summed E-state index contributed by atoms with van der Waals surface area (Å²) < 4.78 is 103. The summed E-state index contributed by atoms with van der Waals surface area (Å²) in [5.41, 5.74) is 44.0. The van der Waals surface area contributed by atoms with Gasteiger partial charge in [0, 0.05) is 138 Å². The van der Waals surface area contributed by atoms with Crippen LogP contribution in [0.3, 0.4) is 0 Å². The van der Waals surface area contributed by atoms with Gasteiger partial charge >= 0.3 is 0 Å². The van der Waals surface area contributed by atoms with Crippen LogP contribution in [0.25, 0.3) is 66.8 Å². The number of ether oxygens (including phenoxy) is 16. The maximum atomic E-state index is 13.9. The molecule has 6 heterocycles. The molecule has 0 radical (unpaired) electrons. The molecule has 0 spiro atoms. The molecule has 22 nitrogen and oxygen atoms in total. The number of hydrogen-bond donors (Lipinski definition) is 6. The Labute approximate surface area is 741 Å².